The van der Waals surface area contributed by atoms with Crippen LogP contribution < -0.4 is 20.8 Å². The maximum absolute atomic E-state index is 12.8. The Balaban J connectivity index is 1.53. The molecular formula is C23H26ClN5O3. The standard InChI is InChI=1S/C23H26ClN5O3/c1-15-10-20(23(31)26-22(15)28-8-6-18(13-28)27(2)3)29-9-7-19(11-21(29)30)32-14-17-5-4-16(24)12-25-17/h4-5,7,9-12,18H,6,8,13-14H2,1-3H3,(H,26,31). The molecule has 4 heterocycles. The molecule has 0 bridgehead atoms. The minimum Gasteiger partial charge on any atom is -0.487 e. The fourth-order valence-corrected chi connectivity index (χ4v) is 3.99. The first-order valence-corrected chi connectivity index (χ1v) is 10.8. The van der Waals surface area contributed by atoms with Crippen molar-refractivity contribution in [3.05, 3.63) is 79.7 Å². The van der Waals surface area contributed by atoms with Gasteiger partial charge in [0.1, 0.15) is 23.9 Å². The van der Waals surface area contributed by atoms with Gasteiger partial charge in [0, 0.05) is 37.6 Å². The number of pyridine rings is 3. The molecule has 3 aromatic rings. The van der Waals surface area contributed by atoms with E-state index in [0.717, 1.165) is 30.9 Å². The highest BCUT2D eigenvalue weighted by atomic mass is 35.5. The van der Waals surface area contributed by atoms with Crippen molar-refractivity contribution in [3.63, 3.8) is 0 Å². The zero-order valence-electron chi connectivity index (χ0n) is 18.3. The molecule has 0 amide bonds. The summed E-state index contributed by atoms with van der Waals surface area (Å²) < 4.78 is 6.99. The Morgan fingerprint density at radius 2 is 2.06 bits per heavy atom. The molecule has 168 valence electrons. The van der Waals surface area contributed by atoms with Crippen LogP contribution in [0.25, 0.3) is 5.69 Å². The fraction of sp³-hybridized carbons (Fsp3) is 0.348. The maximum atomic E-state index is 12.8. The van der Waals surface area contributed by atoms with Crippen molar-refractivity contribution in [3.8, 4) is 11.4 Å². The summed E-state index contributed by atoms with van der Waals surface area (Å²) >= 11 is 5.83. The molecule has 1 unspecified atom stereocenters. The van der Waals surface area contributed by atoms with Crippen LogP contribution in [-0.2, 0) is 6.61 Å². The molecule has 3 aromatic heterocycles. The molecule has 0 spiro atoms. The summed E-state index contributed by atoms with van der Waals surface area (Å²) in [5.74, 6) is 1.21. The van der Waals surface area contributed by atoms with E-state index in [-0.39, 0.29) is 23.4 Å². The smallest absolute Gasteiger partial charge is 0.273 e. The predicted octanol–water partition coefficient (Wildman–Crippen LogP) is 2.60. The Labute approximate surface area is 191 Å². The Kier molecular flexibility index (Phi) is 6.34. The molecule has 0 aromatic carbocycles. The largest absolute Gasteiger partial charge is 0.487 e. The van der Waals surface area contributed by atoms with E-state index in [1.165, 1.54) is 10.6 Å². The highest BCUT2D eigenvalue weighted by Crippen LogP contribution is 2.23. The van der Waals surface area contributed by atoms with Crippen molar-refractivity contribution in [2.45, 2.75) is 26.0 Å². The fourth-order valence-electron chi connectivity index (χ4n) is 3.88. The molecule has 4 rings (SSSR count). The monoisotopic (exact) mass is 455 g/mol. The van der Waals surface area contributed by atoms with E-state index in [2.05, 4.69) is 33.9 Å². The second kappa shape index (κ2) is 9.18. The van der Waals surface area contributed by atoms with Crippen LogP contribution in [0.2, 0.25) is 5.02 Å². The number of aryl methyl sites for hydroxylation is 1. The molecule has 1 aliphatic heterocycles. The number of likely N-dealkylation sites (N-methyl/N-ethyl adjacent to an activating group) is 1. The zero-order valence-corrected chi connectivity index (χ0v) is 19.1. The molecule has 0 saturated carbocycles. The van der Waals surface area contributed by atoms with Gasteiger partial charge in [-0.1, -0.05) is 11.6 Å². The van der Waals surface area contributed by atoms with Crippen LogP contribution in [-0.4, -0.2) is 52.7 Å². The van der Waals surface area contributed by atoms with Crippen LogP contribution in [0, 0.1) is 6.92 Å². The number of anilines is 1. The van der Waals surface area contributed by atoms with Gasteiger partial charge < -0.3 is 19.5 Å². The number of nitrogens with one attached hydrogen (secondary N) is 1. The number of ether oxygens (including phenoxy) is 1. The van der Waals surface area contributed by atoms with E-state index < -0.39 is 0 Å². The number of rotatable bonds is 6. The lowest BCUT2D eigenvalue weighted by Gasteiger charge is -2.23. The molecule has 9 heteroatoms. The summed E-state index contributed by atoms with van der Waals surface area (Å²) in [5, 5.41) is 0.546. The van der Waals surface area contributed by atoms with Crippen LogP contribution in [0.15, 0.2) is 52.3 Å². The third kappa shape index (κ3) is 4.71. The lowest BCUT2D eigenvalue weighted by molar-refractivity contribution is 0.300. The minimum atomic E-state index is -0.349. The van der Waals surface area contributed by atoms with Crippen LogP contribution >= 0.6 is 11.6 Å². The van der Waals surface area contributed by atoms with Gasteiger partial charge in [0.05, 0.1) is 10.7 Å². The van der Waals surface area contributed by atoms with Crippen molar-refractivity contribution in [2.75, 3.05) is 32.1 Å². The van der Waals surface area contributed by atoms with E-state index in [4.69, 9.17) is 16.3 Å². The Hall–Kier alpha value is -3.10. The number of nitrogens with zero attached hydrogens (tertiary/aromatic N) is 4. The number of H-pyrrole nitrogens is 1. The molecule has 1 atom stereocenters. The Morgan fingerprint density at radius 1 is 1.25 bits per heavy atom. The average molecular weight is 456 g/mol. The second-order valence-corrected chi connectivity index (χ2v) is 8.63. The molecule has 32 heavy (non-hydrogen) atoms. The van der Waals surface area contributed by atoms with Crippen molar-refractivity contribution < 1.29 is 4.74 Å². The van der Waals surface area contributed by atoms with Crippen LogP contribution in [0.1, 0.15) is 17.7 Å². The molecule has 1 saturated heterocycles. The van der Waals surface area contributed by atoms with Gasteiger partial charge in [-0.25, -0.2) is 0 Å². The summed E-state index contributed by atoms with van der Waals surface area (Å²) in [5.41, 5.74) is 1.24. The summed E-state index contributed by atoms with van der Waals surface area (Å²) in [4.78, 5) is 37.1. The van der Waals surface area contributed by atoms with Gasteiger partial charge in [-0.15, -0.1) is 0 Å². The molecule has 1 fully saturated rings. The molecule has 0 radical (unpaired) electrons. The van der Waals surface area contributed by atoms with Crippen LogP contribution in [0.4, 0.5) is 5.82 Å². The molecular weight excluding hydrogens is 430 g/mol. The lowest BCUT2D eigenvalue weighted by Crippen LogP contribution is -2.33. The maximum Gasteiger partial charge on any atom is 0.273 e. The van der Waals surface area contributed by atoms with Crippen molar-refractivity contribution in [1.29, 1.82) is 0 Å². The van der Waals surface area contributed by atoms with E-state index in [1.54, 1.807) is 36.7 Å². The zero-order chi connectivity index (χ0) is 22.8. The van der Waals surface area contributed by atoms with Gasteiger partial charge in [-0.3, -0.25) is 19.1 Å². The van der Waals surface area contributed by atoms with Crippen molar-refractivity contribution in [1.82, 2.24) is 19.4 Å². The SMILES string of the molecule is Cc1cc(-n2ccc(OCc3ccc(Cl)cn3)cc2=O)c(=O)[nH]c1N1CCC(N(C)C)C1. The number of hydrogen-bond acceptors (Lipinski definition) is 6. The third-order valence-corrected chi connectivity index (χ3v) is 5.95. The van der Waals surface area contributed by atoms with Crippen LogP contribution in [0.5, 0.6) is 5.75 Å². The van der Waals surface area contributed by atoms with Gasteiger partial charge >= 0.3 is 0 Å². The van der Waals surface area contributed by atoms with E-state index in [1.807, 2.05) is 6.92 Å². The first-order chi connectivity index (χ1) is 15.3. The summed E-state index contributed by atoms with van der Waals surface area (Å²) in [6, 6.07) is 8.72. The molecule has 0 aliphatic carbocycles. The molecule has 1 aliphatic rings. The molecule has 1 N–H and O–H groups in total. The van der Waals surface area contributed by atoms with Crippen molar-refractivity contribution >= 4 is 17.4 Å². The summed E-state index contributed by atoms with van der Waals surface area (Å²) in [6.45, 7) is 3.89. The van der Waals surface area contributed by atoms with E-state index in [9.17, 15) is 9.59 Å². The first-order valence-electron chi connectivity index (χ1n) is 10.4. The minimum absolute atomic E-state index is 0.207. The number of halogens is 1. The van der Waals surface area contributed by atoms with E-state index in [0.29, 0.717) is 22.5 Å². The lowest BCUT2D eigenvalue weighted by atomic mass is 10.2. The quantitative estimate of drug-likeness (QED) is 0.615. The third-order valence-electron chi connectivity index (χ3n) is 5.73. The van der Waals surface area contributed by atoms with Crippen molar-refractivity contribution in [2.24, 2.45) is 0 Å². The molecule has 8 nitrogen and oxygen atoms in total. The average Bonchev–Trinajstić information content (AvgIpc) is 3.25. The normalized spacial score (nSPS) is 16.0. The highest BCUT2D eigenvalue weighted by molar-refractivity contribution is 6.30. The van der Waals surface area contributed by atoms with Gasteiger partial charge in [0.25, 0.3) is 11.1 Å². The Morgan fingerprint density at radius 3 is 2.72 bits per heavy atom. The summed E-state index contributed by atoms with van der Waals surface area (Å²) in [7, 11) is 4.14. The van der Waals surface area contributed by atoms with E-state index >= 15 is 0 Å². The number of aromatic amines is 1. The van der Waals surface area contributed by atoms with Gasteiger partial charge in [0.2, 0.25) is 0 Å². The number of hydrogen-bond donors (Lipinski definition) is 1. The number of aromatic nitrogens is 3. The predicted molar refractivity (Wildman–Crippen MR) is 125 cm³/mol. The summed E-state index contributed by atoms with van der Waals surface area (Å²) in [6.07, 6.45) is 4.14. The first kappa shape index (κ1) is 22.1. The van der Waals surface area contributed by atoms with Gasteiger partial charge in [0.15, 0.2) is 0 Å². The highest BCUT2D eigenvalue weighted by Gasteiger charge is 2.26. The second-order valence-electron chi connectivity index (χ2n) is 8.19. The Bertz CT molecular complexity index is 1220. The van der Waals surface area contributed by atoms with Crippen LogP contribution in [0.3, 0.4) is 0 Å². The van der Waals surface area contributed by atoms with Gasteiger partial charge in [-0.2, -0.15) is 0 Å². The van der Waals surface area contributed by atoms with Gasteiger partial charge in [-0.05, 0) is 57.3 Å². The topological polar surface area (TPSA) is 83.5 Å².